The van der Waals surface area contributed by atoms with E-state index in [1.54, 1.807) is 0 Å². The number of aromatic amines is 2. The summed E-state index contributed by atoms with van der Waals surface area (Å²) in [6.07, 6.45) is 3.20. The number of aryl methyl sites for hydroxylation is 2. The van der Waals surface area contributed by atoms with Crippen molar-refractivity contribution in [1.29, 1.82) is 0 Å². The van der Waals surface area contributed by atoms with Gasteiger partial charge in [-0.15, -0.1) is 0 Å². The van der Waals surface area contributed by atoms with Gasteiger partial charge in [-0.05, 0) is 63.3 Å². The van der Waals surface area contributed by atoms with Crippen molar-refractivity contribution < 1.29 is 4.79 Å². The summed E-state index contributed by atoms with van der Waals surface area (Å²) in [6, 6.07) is 4.27. The number of hydrogen-bond donors (Lipinski definition) is 3. The van der Waals surface area contributed by atoms with E-state index >= 15 is 0 Å². The summed E-state index contributed by atoms with van der Waals surface area (Å²) in [5.41, 5.74) is 8.60. The molecule has 0 saturated carbocycles. The van der Waals surface area contributed by atoms with E-state index in [1.165, 1.54) is 16.5 Å². The Bertz CT molecular complexity index is 1020. The lowest BCUT2D eigenvalue weighted by Crippen LogP contribution is -2.26. The number of nitrogens with one attached hydrogen (secondary N) is 3. The van der Waals surface area contributed by atoms with Crippen LogP contribution in [0.2, 0.25) is 0 Å². The first kappa shape index (κ1) is 13.8. The van der Waals surface area contributed by atoms with Crippen LogP contribution in [0.3, 0.4) is 0 Å². The first-order valence-corrected chi connectivity index (χ1v) is 8.51. The fourth-order valence-corrected chi connectivity index (χ4v) is 4.19. The van der Waals surface area contributed by atoms with Crippen molar-refractivity contribution in [3.63, 3.8) is 0 Å². The van der Waals surface area contributed by atoms with Crippen LogP contribution < -0.4 is 5.32 Å². The molecular weight excluding hydrogens is 300 g/mol. The van der Waals surface area contributed by atoms with Crippen molar-refractivity contribution in [1.82, 2.24) is 15.2 Å². The van der Waals surface area contributed by atoms with E-state index in [9.17, 15) is 4.79 Å². The van der Waals surface area contributed by atoms with Crippen LogP contribution >= 0.6 is 0 Å². The largest absolute Gasteiger partial charge is 0.353 e. The van der Waals surface area contributed by atoms with Crippen LogP contribution in [-0.4, -0.2) is 21.1 Å². The number of carbonyl (C=O) groups excluding carboxylic acids is 1. The van der Waals surface area contributed by atoms with Gasteiger partial charge in [-0.2, -0.15) is 5.10 Å². The lowest BCUT2D eigenvalue weighted by Gasteiger charge is -2.15. The molecule has 5 heteroatoms. The molecule has 1 amide bonds. The van der Waals surface area contributed by atoms with Crippen LogP contribution in [-0.2, 0) is 23.1 Å². The van der Waals surface area contributed by atoms with E-state index < -0.39 is 5.41 Å². The SMILES string of the molecule is Cc1[nH]nc2c1CCCc1c-2[nH]c2cc3c(cc12)C(C)(C)C(=O)N3. The molecule has 5 nitrogen and oxygen atoms in total. The van der Waals surface area contributed by atoms with E-state index in [-0.39, 0.29) is 5.91 Å². The third kappa shape index (κ3) is 1.59. The lowest BCUT2D eigenvalue weighted by atomic mass is 9.85. The van der Waals surface area contributed by atoms with Gasteiger partial charge >= 0.3 is 0 Å². The summed E-state index contributed by atoms with van der Waals surface area (Å²) >= 11 is 0. The molecule has 2 aliphatic rings. The molecule has 0 saturated heterocycles. The molecule has 0 atom stereocenters. The average Bonchev–Trinajstić information content (AvgIpc) is 3.09. The molecule has 0 bridgehead atoms. The van der Waals surface area contributed by atoms with Crippen LogP contribution in [0.15, 0.2) is 12.1 Å². The zero-order valence-corrected chi connectivity index (χ0v) is 14.1. The Labute approximate surface area is 139 Å². The number of H-pyrrole nitrogens is 2. The second-order valence-electron chi connectivity index (χ2n) is 7.53. The molecule has 0 fully saturated rings. The molecule has 1 aliphatic heterocycles. The predicted octanol–water partition coefficient (Wildman–Crippen LogP) is 3.58. The number of aromatic nitrogens is 3. The molecular formula is C19H20N4O. The Balaban J connectivity index is 1.81. The highest BCUT2D eigenvalue weighted by Crippen LogP contribution is 2.43. The Kier molecular flexibility index (Phi) is 2.47. The lowest BCUT2D eigenvalue weighted by molar-refractivity contribution is -0.119. The summed E-state index contributed by atoms with van der Waals surface area (Å²) in [7, 11) is 0. The van der Waals surface area contributed by atoms with Crippen LogP contribution in [0.1, 0.15) is 42.7 Å². The van der Waals surface area contributed by atoms with Crippen LogP contribution in [0, 0.1) is 6.92 Å². The molecule has 0 unspecified atom stereocenters. The van der Waals surface area contributed by atoms with Gasteiger partial charge in [0.2, 0.25) is 5.91 Å². The van der Waals surface area contributed by atoms with Gasteiger partial charge in [-0.25, -0.2) is 0 Å². The van der Waals surface area contributed by atoms with Crippen molar-refractivity contribution in [2.75, 3.05) is 5.32 Å². The Morgan fingerprint density at radius 1 is 1.17 bits per heavy atom. The second-order valence-corrected chi connectivity index (χ2v) is 7.53. The first-order valence-electron chi connectivity index (χ1n) is 8.51. The van der Waals surface area contributed by atoms with Crippen molar-refractivity contribution in [3.05, 3.63) is 34.5 Å². The minimum Gasteiger partial charge on any atom is -0.353 e. The number of anilines is 1. The van der Waals surface area contributed by atoms with Gasteiger partial charge in [-0.1, -0.05) is 0 Å². The highest BCUT2D eigenvalue weighted by molar-refractivity contribution is 6.08. The monoisotopic (exact) mass is 320 g/mol. The zero-order valence-electron chi connectivity index (χ0n) is 14.1. The molecule has 2 aromatic heterocycles. The van der Waals surface area contributed by atoms with E-state index in [0.29, 0.717) is 0 Å². The van der Waals surface area contributed by atoms with Gasteiger partial charge in [0.1, 0.15) is 5.69 Å². The summed E-state index contributed by atoms with van der Waals surface area (Å²) in [5, 5.41) is 11.9. The maximum atomic E-state index is 12.2. The summed E-state index contributed by atoms with van der Waals surface area (Å²) in [6.45, 7) is 6.06. The molecule has 1 aliphatic carbocycles. The Morgan fingerprint density at radius 2 is 1.96 bits per heavy atom. The number of nitrogens with zero attached hydrogens (tertiary/aromatic N) is 1. The minimum absolute atomic E-state index is 0.0708. The predicted molar refractivity (Wildman–Crippen MR) is 94.3 cm³/mol. The maximum absolute atomic E-state index is 12.2. The second kappa shape index (κ2) is 4.29. The van der Waals surface area contributed by atoms with Crippen molar-refractivity contribution in [2.24, 2.45) is 0 Å². The van der Waals surface area contributed by atoms with E-state index in [2.05, 4.69) is 39.6 Å². The van der Waals surface area contributed by atoms with Crippen LogP contribution in [0.4, 0.5) is 5.69 Å². The summed E-state index contributed by atoms with van der Waals surface area (Å²) in [4.78, 5) is 15.8. The fourth-order valence-electron chi connectivity index (χ4n) is 4.19. The van der Waals surface area contributed by atoms with E-state index in [0.717, 1.165) is 53.1 Å². The quantitative estimate of drug-likeness (QED) is 0.592. The zero-order chi connectivity index (χ0) is 16.6. The summed E-state index contributed by atoms with van der Waals surface area (Å²) in [5.74, 6) is 0.0708. The van der Waals surface area contributed by atoms with Gasteiger partial charge < -0.3 is 10.3 Å². The molecule has 122 valence electrons. The third-order valence-corrected chi connectivity index (χ3v) is 5.70. The normalized spacial score (nSPS) is 18.0. The highest BCUT2D eigenvalue weighted by Gasteiger charge is 2.39. The molecule has 1 aromatic carbocycles. The molecule has 3 heterocycles. The van der Waals surface area contributed by atoms with Crippen molar-refractivity contribution >= 4 is 22.5 Å². The van der Waals surface area contributed by atoms with Gasteiger partial charge in [-0.3, -0.25) is 9.89 Å². The Hall–Kier alpha value is -2.56. The molecule has 3 aromatic rings. The maximum Gasteiger partial charge on any atom is 0.234 e. The number of hydrogen-bond acceptors (Lipinski definition) is 2. The van der Waals surface area contributed by atoms with Crippen molar-refractivity contribution in [2.45, 2.75) is 45.4 Å². The Morgan fingerprint density at radius 3 is 2.79 bits per heavy atom. The minimum atomic E-state index is -0.480. The van der Waals surface area contributed by atoms with Gasteiger partial charge in [0.25, 0.3) is 0 Å². The number of rotatable bonds is 0. The molecule has 5 rings (SSSR count). The van der Waals surface area contributed by atoms with Crippen LogP contribution in [0.5, 0.6) is 0 Å². The molecule has 0 spiro atoms. The molecule has 3 N–H and O–H groups in total. The van der Waals surface area contributed by atoms with Crippen molar-refractivity contribution in [3.8, 4) is 11.4 Å². The van der Waals surface area contributed by atoms with Gasteiger partial charge in [0.05, 0.1) is 11.1 Å². The highest BCUT2D eigenvalue weighted by atomic mass is 16.2. The standard InChI is InChI=1S/C19H20N4O/c1-9-10-5-4-6-11-12-7-13-15(21-18(24)19(13,2)3)8-14(12)20-16(11)17(10)23-22-9/h7-8,20H,4-6H2,1-3H3,(H,21,24)(H,22,23). The fraction of sp³-hybridized carbons (Fsp3) is 0.368. The van der Waals surface area contributed by atoms with Gasteiger partial charge in [0, 0.05) is 27.8 Å². The number of fused-ring (bicyclic) bond motifs is 6. The third-order valence-electron chi connectivity index (χ3n) is 5.70. The number of carbonyl (C=O) groups is 1. The van der Waals surface area contributed by atoms with E-state index in [1.807, 2.05) is 13.8 Å². The topological polar surface area (TPSA) is 73.6 Å². The van der Waals surface area contributed by atoms with E-state index in [4.69, 9.17) is 0 Å². The molecule has 24 heavy (non-hydrogen) atoms. The first-order chi connectivity index (χ1) is 11.5. The smallest absolute Gasteiger partial charge is 0.234 e. The number of amides is 1. The molecule has 0 radical (unpaired) electrons. The number of benzene rings is 1. The van der Waals surface area contributed by atoms with Gasteiger partial charge in [0.15, 0.2) is 0 Å². The summed E-state index contributed by atoms with van der Waals surface area (Å²) < 4.78 is 0. The van der Waals surface area contributed by atoms with Crippen LogP contribution in [0.25, 0.3) is 22.3 Å². The average molecular weight is 320 g/mol.